The Hall–Kier alpha value is -0.680. The standard InChI is InChI=1S/C14H18Cl2N2O2.ClH/c1-9-7-17-5-4-12(9)18-14(19)8-20-13-6-10(15)2-3-11(13)16;/h2-3,6,9,12,17H,4-5,7-8H2,1H3,(H,18,19);1H. The van der Waals surface area contributed by atoms with Gasteiger partial charge in [0.05, 0.1) is 5.02 Å². The van der Waals surface area contributed by atoms with E-state index in [9.17, 15) is 4.79 Å². The molecule has 1 aromatic rings. The van der Waals surface area contributed by atoms with Crippen LogP contribution in [0.4, 0.5) is 0 Å². The predicted octanol–water partition coefficient (Wildman–Crippen LogP) is 2.91. The first-order chi connectivity index (χ1) is 9.56. The van der Waals surface area contributed by atoms with Crippen molar-refractivity contribution in [2.45, 2.75) is 19.4 Å². The molecule has 2 atom stereocenters. The number of amides is 1. The van der Waals surface area contributed by atoms with Crippen LogP contribution in [0.5, 0.6) is 5.75 Å². The summed E-state index contributed by atoms with van der Waals surface area (Å²) in [4.78, 5) is 11.9. The van der Waals surface area contributed by atoms with Crippen molar-refractivity contribution in [3.05, 3.63) is 28.2 Å². The van der Waals surface area contributed by atoms with Crippen molar-refractivity contribution in [1.82, 2.24) is 10.6 Å². The lowest BCUT2D eigenvalue weighted by Gasteiger charge is -2.30. The lowest BCUT2D eigenvalue weighted by Crippen LogP contribution is -2.49. The summed E-state index contributed by atoms with van der Waals surface area (Å²) >= 11 is 11.8. The van der Waals surface area contributed by atoms with Gasteiger partial charge in [0, 0.05) is 17.1 Å². The number of nitrogens with one attached hydrogen (secondary N) is 2. The summed E-state index contributed by atoms with van der Waals surface area (Å²) in [6, 6.07) is 5.12. The summed E-state index contributed by atoms with van der Waals surface area (Å²) in [5.74, 6) is 0.704. The molecule has 2 unspecified atom stereocenters. The quantitative estimate of drug-likeness (QED) is 0.875. The molecule has 1 amide bonds. The molecule has 1 aliphatic rings. The molecule has 2 rings (SSSR count). The molecule has 0 saturated carbocycles. The second kappa shape index (κ2) is 8.69. The monoisotopic (exact) mass is 352 g/mol. The van der Waals surface area contributed by atoms with Crippen LogP contribution in [0.3, 0.4) is 0 Å². The Labute approximate surface area is 140 Å². The molecule has 1 fully saturated rings. The third-order valence-corrected chi connectivity index (χ3v) is 3.93. The molecular weight excluding hydrogens is 335 g/mol. The number of carbonyl (C=O) groups is 1. The summed E-state index contributed by atoms with van der Waals surface area (Å²) in [5.41, 5.74) is 0. The van der Waals surface area contributed by atoms with Gasteiger partial charge in [0.1, 0.15) is 5.75 Å². The normalized spacial score (nSPS) is 21.3. The molecule has 1 aromatic carbocycles. The van der Waals surface area contributed by atoms with Crippen molar-refractivity contribution in [1.29, 1.82) is 0 Å². The first-order valence-electron chi connectivity index (χ1n) is 6.64. The topological polar surface area (TPSA) is 50.4 Å². The summed E-state index contributed by atoms with van der Waals surface area (Å²) in [5, 5.41) is 7.25. The lowest BCUT2D eigenvalue weighted by atomic mass is 9.95. The van der Waals surface area contributed by atoms with Crippen LogP contribution in [0.2, 0.25) is 10.0 Å². The molecule has 7 heteroatoms. The highest BCUT2D eigenvalue weighted by Crippen LogP contribution is 2.27. The van der Waals surface area contributed by atoms with Gasteiger partial charge >= 0.3 is 0 Å². The van der Waals surface area contributed by atoms with Gasteiger partial charge in [-0.2, -0.15) is 0 Å². The summed E-state index contributed by atoms with van der Waals surface area (Å²) < 4.78 is 5.41. The van der Waals surface area contributed by atoms with Gasteiger partial charge < -0.3 is 15.4 Å². The van der Waals surface area contributed by atoms with E-state index in [1.807, 2.05) is 0 Å². The fourth-order valence-electron chi connectivity index (χ4n) is 2.21. The van der Waals surface area contributed by atoms with Crippen LogP contribution in [0.15, 0.2) is 18.2 Å². The van der Waals surface area contributed by atoms with E-state index in [1.54, 1.807) is 18.2 Å². The maximum Gasteiger partial charge on any atom is 0.258 e. The summed E-state index contributed by atoms with van der Waals surface area (Å²) in [6.45, 7) is 3.91. The number of ether oxygens (including phenoxy) is 1. The number of benzene rings is 1. The Morgan fingerprint density at radius 3 is 2.95 bits per heavy atom. The zero-order valence-electron chi connectivity index (χ0n) is 11.7. The zero-order chi connectivity index (χ0) is 14.5. The maximum atomic E-state index is 11.9. The van der Waals surface area contributed by atoms with Gasteiger partial charge in [-0.25, -0.2) is 0 Å². The van der Waals surface area contributed by atoms with Crippen LogP contribution < -0.4 is 15.4 Å². The fraction of sp³-hybridized carbons (Fsp3) is 0.500. The highest BCUT2D eigenvalue weighted by molar-refractivity contribution is 6.34. The zero-order valence-corrected chi connectivity index (χ0v) is 14.0. The SMILES string of the molecule is CC1CNCCC1NC(=O)COc1cc(Cl)ccc1Cl.Cl. The molecule has 2 N–H and O–H groups in total. The van der Waals surface area contributed by atoms with Gasteiger partial charge in [-0.3, -0.25) is 4.79 Å². The fourth-order valence-corrected chi connectivity index (χ4v) is 2.54. The Morgan fingerprint density at radius 1 is 1.48 bits per heavy atom. The molecule has 1 heterocycles. The predicted molar refractivity (Wildman–Crippen MR) is 87.8 cm³/mol. The van der Waals surface area contributed by atoms with Crippen molar-refractivity contribution in [2.75, 3.05) is 19.7 Å². The number of halogens is 3. The number of hydrogen-bond acceptors (Lipinski definition) is 3. The molecule has 0 radical (unpaired) electrons. The van der Waals surface area contributed by atoms with E-state index in [2.05, 4.69) is 17.6 Å². The second-order valence-electron chi connectivity index (χ2n) is 5.01. The highest BCUT2D eigenvalue weighted by Gasteiger charge is 2.22. The smallest absolute Gasteiger partial charge is 0.258 e. The van der Waals surface area contributed by atoms with Gasteiger partial charge in [-0.15, -0.1) is 12.4 Å². The number of carbonyl (C=O) groups excluding carboxylic acids is 1. The Kier molecular flexibility index (Phi) is 7.60. The molecule has 118 valence electrons. The third-order valence-electron chi connectivity index (χ3n) is 3.38. The van der Waals surface area contributed by atoms with Crippen molar-refractivity contribution in [3.8, 4) is 5.75 Å². The van der Waals surface area contributed by atoms with Gasteiger partial charge in [0.2, 0.25) is 0 Å². The Bertz CT molecular complexity index is 485. The second-order valence-corrected chi connectivity index (χ2v) is 5.85. The Balaban J connectivity index is 0.00000220. The van der Waals surface area contributed by atoms with Gasteiger partial charge in [-0.05, 0) is 37.6 Å². The average molecular weight is 354 g/mol. The van der Waals surface area contributed by atoms with Crippen LogP contribution in [-0.4, -0.2) is 31.6 Å². The van der Waals surface area contributed by atoms with E-state index in [0.29, 0.717) is 21.7 Å². The average Bonchev–Trinajstić information content (AvgIpc) is 2.42. The molecule has 0 bridgehead atoms. The van der Waals surface area contributed by atoms with Crippen molar-refractivity contribution in [3.63, 3.8) is 0 Å². The maximum absolute atomic E-state index is 11.9. The molecule has 0 aliphatic carbocycles. The van der Waals surface area contributed by atoms with Gasteiger partial charge in [0.25, 0.3) is 5.91 Å². The number of piperidine rings is 1. The molecule has 21 heavy (non-hydrogen) atoms. The first-order valence-corrected chi connectivity index (χ1v) is 7.40. The van der Waals surface area contributed by atoms with E-state index in [1.165, 1.54) is 0 Å². The number of rotatable bonds is 4. The summed E-state index contributed by atoms with van der Waals surface area (Å²) in [7, 11) is 0. The van der Waals surface area contributed by atoms with Crippen LogP contribution in [0.1, 0.15) is 13.3 Å². The summed E-state index contributed by atoms with van der Waals surface area (Å²) in [6.07, 6.45) is 0.935. The van der Waals surface area contributed by atoms with E-state index in [-0.39, 0.29) is 31.0 Å². The van der Waals surface area contributed by atoms with Crippen LogP contribution in [-0.2, 0) is 4.79 Å². The minimum Gasteiger partial charge on any atom is -0.482 e. The largest absolute Gasteiger partial charge is 0.482 e. The third kappa shape index (κ3) is 5.55. The number of hydrogen-bond donors (Lipinski definition) is 2. The van der Waals surface area contributed by atoms with E-state index in [4.69, 9.17) is 27.9 Å². The molecule has 0 aromatic heterocycles. The molecule has 0 spiro atoms. The van der Waals surface area contributed by atoms with Gasteiger partial charge in [-0.1, -0.05) is 30.1 Å². The van der Waals surface area contributed by atoms with E-state index >= 15 is 0 Å². The lowest BCUT2D eigenvalue weighted by molar-refractivity contribution is -0.124. The van der Waals surface area contributed by atoms with E-state index in [0.717, 1.165) is 19.5 Å². The minimum absolute atomic E-state index is 0. The highest BCUT2D eigenvalue weighted by atomic mass is 35.5. The first kappa shape index (κ1) is 18.4. The van der Waals surface area contributed by atoms with Crippen LogP contribution >= 0.6 is 35.6 Å². The van der Waals surface area contributed by atoms with Crippen LogP contribution in [0, 0.1) is 5.92 Å². The molecular formula is C14H19Cl3N2O2. The van der Waals surface area contributed by atoms with Crippen molar-refractivity contribution in [2.24, 2.45) is 5.92 Å². The minimum atomic E-state index is -0.139. The van der Waals surface area contributed by atoms with Crippen LogP contribution in [0.25, 0.3) is 0 Å². The molecule has 1 aliphatic heterocycles. The van der Waals surface area contributed by atoms with Crippen molar-refractivity contribution >= 4 is 41.5 Å². The molecule has 4 nitrogen and oxygen atoms in total. The van der Waals surface area contributed by atoms with E-state index < -0.39 is 0 Å². The Morgan fingerprint density at radius 2 is 2.24 bits per heavy atom. The van der Waals surface area contributed by atoms with Crippen molar-refractivity contribution < 1.29 is 9.53 Å². The van der Waals surface area contributed by atoms with Gasteiger partial charge in [0.15, 0.2) is 6.61 Å². The molecule has 1 saturated heterocycles.